The van der Waals surface area contributed by atoms with Crippen LogP contribution in [0.25, 0.3) is 0 Å². The van der Waals surface area contributed by atoms with Gasteiger partial charge in [0, 0.05) is 18.6 Å². The van der Waals surface area contributed by atoms with Crippen LogP contribution in [0.5, 0.6) is 0 Å². The van der Waals surface area contributed by atoms with Gasteiger partial charge in [0.15, 0.2) is 5.13 Å². The minimum atomic E-state index is -0.0415. The van der Waals surface area contributed by atoms with Gasteiger partial charge >= 0.3 is 0 Å². The highest BCUT2D eigenvalue weighted by atomic mass is 32.1. The van der Waals surface area contributed by atoms with Crippen molar-refractivity contribution in [3.63, 3.8) is 0 Å². The Hall–Kier alpha value is -1.10. The van der Waals surface area contributed by atoms with Gasteiger partial charge in [0.1, 0.15) is 0 Å². The number of hydrogen-bond acceptors (Lipinski definition) is 4. The minimum Gasteiger partial charge on any atom is -0.358 e. The Bertz CT molecular complexity index is 222. The van der Waals surface area contributed by atoms with Crippen molar-refractivity contribution in [3.05, 3.63) is 11.6 Å². The van der Waals surface area contributed by atoms with E-state index in [0.717, 1.165) is 5.13 Å². The van der Waals surface area contributed by atoms with Crippen molar-refractivity contribution in [2.24, 2.45) is 0 Å². The number of anilines is 1. The molecule has 0 bridgehead atoms. The van der Waals surface area contributed by atoms with E-state index in [9.17, 15) is 4.79 Å². The molecule has 11 heavy (non-hydrogen) atoms. The second kappa shape index (κ2) is 3.92. The molecule has 0 aliphatic rings. The van der Waals surface area contributed by atoms with Crippen LogP contribution in [0.2, 0.25) is 0 Å². The molecular weight excluding hydrogens is 162 g/mol. The molecule has 4 nitrogen and oxygen atoms in total. The average Bonchev–Trinajstić information content (AvgIpc) is 2.52. The van der Waals surface area contributed by atoms with Gasteiger partial charge in [0.2, 0.25) is 5.91 Å². The van der Waals surface area contributed by atoms with Crippen molar-refractivity contribution < 1.29 is 4.79 Å². The normalized spacial score (nSPS) is 9.18. The summed E-state index contributed by atoms with van der Waals surface area (Å²) in [7, 11) is 1.60. The maximum Gasteiger partial charge on any atom is 0.239 e. The molecule has 1 amide bonds. The monoisotopic (exact) mass is 171 g/mol. The number of carbonyl (C=O) groups excluding carboxylic acids is 1. The lowest BCUT2D eigenvalue weighted by Crippen LogP contribution is -2.26. The van der Waals surface area contributed by atoms with Crippen molar-refractivity contribution in [3.8, 4) is 0 Å². The SMILES string of the molecule is CNC(=O)CNc1nccs1. The number of likely N-dealkylation sites (N-methyl/N-ethyl adjacent to an activating group) is 1. The van der Waals surface area contributed by atoms with Crippen LogP contribution >= 0.6 is 11.3 Å². The molecule has 1 heterocycles. The molecule has 0 unspecified atom stereocenters. The van der Waals surface area contributed by atoms with Gasteiger partial charge in [-0.2, -0.15) is 0 Å². The molecule has 1 aromatic rings. The van der Waals surface area contributed by atoms with Crippen LogP contribution in [-0.4, -0.2) is 24.5 Å². The van der Waals surface area contributed by atoms with Gasteiger partial charge in [-0.25, -0.2) is 4.98 Å². The number of hydrogen-bond donors (Lipinski definition) is 2. The molecule has 0 aromatic carbocycles. The molecule has 0 aliphatic carbocycles. The third kappa shape index (κ3) is 2.55. The summed E-state index contributed by atoms with van der Waals surface area (Å²) in [6, 6.07) is 0. The van der Waals surface area contributed by atoms with Crippen LogP contribution in [0.15, 0.2) is 11.6 Å². The Labute approximate surface area is 68.6 Å². The zero-order valence-corrected chi connectivity index (χ0v) is 6.94. The second-order valence-corrected chi connectivity index (χ2v) is 2.76. The lowest BCUT2D eigenvalue weighted by atomic mass is 10.6. The smallest absolute Gasteiger partial charge is 0.239 e. The Kier molecular flexibility index (Phi) is 2.85. The zero-order chi connectivity index (χ0) is 8.10. The summed E-state index contributed by atoms with van der Waals surface area (Å²) in [6.07, 6.45) is 1.69. The predicted molar refractivity (Wildman–Crippen MR) is 44.7 cm³/mol. The van der Waals surface area contributed by atoms with Crippen LogP contribution in [0.3, 0.4) is 0 Å². The topological polar surface area (TPSA) is 54.0 Å². The number of nitrogens with one attached hydrogen (secondary N) is 2. The number of aromatic nitrogens is 1. The molecule has 0 saturated carbocycles. The van der Waals surface area contributed by atoms with Gasteiger partial charge in [0.25, 0.3) is 0 Å². The van der Waals surface area contributed by atoms with Gasteiger partial charge in [-0.1, -0.05) is 0 Å². The molecule has 5 heteroatoms. The van der Waals surface area contributed by atoms with Gasteiger partial charge in [0.05, 0.1) is 6.54 Å². The maximum absolute atomic E-state index is 10.7. The largest absolute Gasteiger partial charge is 0.358 e. The van der Waals surface area contributed by atoms with E-state index in [1.165, 1.54) is 11.3 Å². The van der Waals surface area contributed by atoms with E-state index in [4.69, 9.17) is 0 Å². The van der Waals surface area contributed by atoms with E-state index in [1.807, 2.05) is 5.38 Å². The maximum atomic E-state index is 10.7. The summed E-state index contributed by atoms with van der Waals surface area (Å²) < 4.78 is 0. The molecular formula is C6H9N3OS. The Balaban J connectivity index is 2.29. The molecule has 60 valence electrons. The Morgan fingerprint density at radius 1 is 1.82 bits per heavy atom. The summed E-state index contributed by atoms with van der Waals surface area (Å²) in [5.41, 5.74) is 0. The van der Waals surface area contributed by atoms with Crippen molar-refractivity contribution in [1.82, 2.24) is 10.3 Å². The molecule has 1 aromatic heterocycles. The molecule has 0 radical (unpaired) electrons. The number of thiazole rings is 1. The molecule has 0 fully saturated rings. The first-order chi connectivity index (χ1) is 5.33. The van der Waals surface area contributed by atoms with E-state index in [1.54, 1.807) is 13.2 Å². The van der Waals surface area contributed by atoms with Gasteiger partial charge < -0.3 is 10.6 Å². The summed E-state index contributed by atoms with van der Waals surface area (Å²) in [5.74, 6) is -0.0415. The predicted octanol–water partition coefficient (Wildman–Crippen LogP) is 0.301. The molecule has 0 spiro atoms. The van der Waals surface area contributed by atoms with Crippen molar-refractivity contribution in [1.29, 1.82) is 0 Å². The van der Waals surface area contributed by atoms with Gasteiger partial charge in [-0.15, -0.1) is 11.3 Å². The highest BCUT2D eigenvalue weighted by Crippen LogP contribution is 2.08. The fourth-order valence-electron chi connectivity index (χ4n) is 0.555. The first kappa shape index (κ1) is 8.00. The lowest BCUT2D eigenvalue weighted by molar-refractivity contribution is -0.118. The fourth-order valence-corrected chi connectivity index (χ4v) is 1.08. The van der Waals surface area contributed by atoms with Crippen LogP contribution < -0.4 is 10.6 Å². The molecule has 1 rings (SSSR count). The average molecular weight is 171 g/mol. The summed E-state index contributed by atoms with van der Waals surface area (Å²) in [4.78, 5) is 14.7. The second-order valence-electron chi connectivity index (χ2n) is 1.86. The minimum absolute atomic E-state index is 0.0415. The first-order valence-electron chi connectivity index (χ1n) is 3.17. The highest BCUT2D eigenvalue weighted by Gasteiger charge is 1.97. The third-order valence-electron chi connectivity index (χ3n) is 1.11. The quantitative estimate of drug-likeness (QED) is 0.687. The van der Waals surface area contributed by atoms with Crippen LogP contribution in [0.4, 0.5) is 5.13 Å². The van der Waals surface area contributed by atoms with Crippen LogP contribution in [0, 0.1) is 0 Å². The molecule has 0 atom stereocenters. The van der Waals surface area contributed by atoms with E-state index in [-0.39, 0.29) is 12.5 Å². The van der Waals surface area contributed by atoms with Crippen LogP contribution in [0.1, 0.15) is 0 Å². The van der Waals surface area contributed by atoms with E-state index in [0.29, 0.717) is 0 Å². The van der Waals surface area contributed by atoms with E-state index < -0.39 is 0 Å². The van der Waals surface area contributed by atoms with Crippen molar-refractivity contribution in [2.75, 3.05) is 18.9 Å². The molecule has 0 aliphatic heterocycles. The molecule has 0 saturated heterocycles. The van der Waals surface area contributed by atoms with Gasteiger partial charge in [-0.05, 0) is 0 Å². The van der Waals surface area contributed by atoms with Gasteiger partial charge in [-0.3, -0.25) is 4.79 Å². The lowest BCUT2D eigenvalue weighted by Gasteiger charge is -1.99. The van der Waals surface area contributed by atoms with Crippen LogP contribution in [-0.2, 0) is 4.79 Å². The standard InChI is InChI=1S/C6H9N3OS/c1-7-5(10)4-9-6-8-2-3-11-6/h2-3H,4H2,1H3,(H,7,10)(H,8,9). The number of nitrogens with zero attached hydrogens (tertiary/aromatic N) is 1. The number of carbonyl (C=O) groups is 1. The number of amides is 1. The van der Waals surface area contributed by atoms with Crippen molar-refractivity contribution >= 4 is 22.4 Å². The Morgan fingerprint density at radius 3 is 3.18 bits per heavy atom. The molecule has 2 N–H and O–H groups in total. The highest BCUT2D eigenvalue weighted by molar-refractivity contribution is 7.13. The fraction of sp³-hybridized carbons (Fsp3) is 0.333. The van der Waals surface area contributed by atoms with E-state index in [2.05, 4.69) is 15.6 Å². The number of rotatable bonds is 3. The zero-order valence-electron chi connectivity index (χ0n) is 6.13. The Morgan fingerprint density at radius 2 is 2.64 bits per heavy atom. The third-order valence-corrected chi connectivity index (χ3v) is 1.84. The van der Waals surface area contributed by atoms with Crippen molar-refractivity contribution in [2.45, 2.75) is 0 Å². The summed E-state index contributed by atoms with van der Waals surface area (Å²) in [5, 5.41) is 8.00. The summed E-state index contributed by atoms with van der Waals surface area (Å²) in [6.45, 7) is 0.282. The first-order valence-corrected chi connectivity index (χ1v) is 4.05. The summed E-state index contributed by atoms with van der Waals surface area (Å²) >= 11 is 1.47. The van der Waals surface area contributed by atoms with E-state index >= 15 is 0 Å².